The zero-order valence-electron chi connectivity index (χ0n) is 17.9. The molecular weight excluding hydrogens is 410 g/mol. The number of carbonyl (C=O) groups is 1. The van der Waals surface area contributed by atoms with Crippen LogP contribution in [0.3, 0.4) is 0 Å². The van der Waals surface area contributed by atoms with Crippen LogP contribution < -0.4 is 14.8 Å². The molecule has 31 heavy (non-hydrogen) atoms. The second kappa shape index (κ2) is 11.4. The summed E-state index contributed by atoms with van der Waals surface area (Å²) in [5, 5.41) is 3.65. The Hall–Kier alpha value is -2.98. The van der Waals surface area contributed by atoms with Gasteiger partial charge in [0.05, 0.1) is 6.10 Å². The van der Waals surface area contributed by atoms with Crippen molar-refractivity contribution in [1.82, 2.24) is 5.32 Å². The zero-order chi connectivity index (χ0) is 22.1. The molecule has 0 aliphatic carbocycles. The van der Waals surface area contributed by atoms with Crippen molar-refractivity contribution in [3.8, 4) is 11.5 Å². The minimum atomic E-state index is -0.0884. The fourth-order valence-corrected chi connectivity index (χ4v) is 3.31. The van der Waals surface area contributed by atoms with Crippen molar-refractivity contribution in [3.63, 3.8) is 0 Å². The predicted molar refractivity (Wildman–Crippen MR) is 125 cm³/mol. The van der Waals surface area contributed by atoms with Crippen LogP contribution in [0.1, 0.15) is 41.8 Å². The molecule has 0 aliphatic heterocycles. The van der Waals surface area contributed by atoms with Gasteiger partial charge in [-0.2, -0.15) is 0 Å². The lowest BCUT2D eigenvalue weighted by molar-refractivity contribution is 0.0953. The summed E-state index contributed by atoms with van der Waals surface area (Å²) in [5.41, 5.74) is 2.73. The molecule has 1 N–H and O–H groups in total. The summed E-state index contributed by atoms with van der Waals surface area (Å²) in [6.45, 7) is 5.02. The molecule has 0 saturated carbocycles. The summed E-state index contributed by atoms with van der Waals surface area (Å²) in [6, 6.07) is 22.8. The molecular formula is C26H28ClNO3. The van der Waals surface area contributed by atoms with Crippen LogP contribution in [0.4, 0.5) is 0 Å². The van der Waals surface area contributed by atoms with E-state index in [0.717, 1.165) is 24.2 Å². The molecule has 0 atom stereocenters. The number of aryl methyl sites for hydroxylation is 1. The number of halogens is 1. The fourth-order valence-electron chi connectivity index (χ4n) is 3.12. The molecule has 0 aromatic heterocycles. The standard InChI is InChI=1S/C26H28ClNO3/c1-19(2)31-24-10-5-7-20(17-24)8-6-16-28-26(29)21-12-14-23(15-13-21)30-18-22-9-3-4-11-25(22)27/h3-5,7,9-15,17,19H,6,8,16,18H2,1-2H3,(H,28,29). The molecule has 3 rings (SSSR count). The summed E-state index contributed by atoms with van der Waals surface area (Å²) in [5.74, 6) is 1.49. The normalized spacial score (nSPS) is 10.7. The molecule has 4 nitrogen and oxygen atoms in total. The van der Waals surface area contributed by atoms with E-state index in [1.54, 1.807) is 24.3 Å². The third-order valence-electron chi connectivity index (χ3n) is 4.67. The van der Waals surface area contributed by atoms with Crippen LogP contribution in [0, 0.1) is 0 Å². The molecule has 162 valence electrons. The second-order valence-electron chi connectivity index (χ2n) is 7.58. The SMILES string of the molecule is CC(C)Oc1cccc(CCCNC(=O)c2ccc(OCc3ccccc3Cl)cc2)c1. The van der Waals surface area contributed by atoms with Gasteiger partial charge >= 0.3 is 0 Å². The van der Waals surface area contributed by atoms with E-state index in [-0.39, 0.29) is 12.0 Å². The second-order valence-corrected chi connectivity index (χ2v) is 7.99. The molecule has 0 unspecified atom stereocenters. The van der Waals surface area contributed by atoms with Crippen LogP contribution in [-0.4, -0.2) is 18.6 Å². The van der Waals surface area contributed by atoms with E-state index in [1.807, 2.05) is 50.2 Å². The maximum atomic E-state index is 12.4. The van der Waals surface area contributed by atoms with Gasteiger partial charge in [-0.3, -0.25) is 4.79 Å². The van der Waals surface area contributed by atoms with Gasteiger partial charge in [0.25, 0.3) is 5.91 Å². The molecule has 0 saturated heterocycles. The molecule has 3 aromatic carbocycles. The lowest BCUT2D eigenvalue weighted by Crippen LogP contribution is -2.24. The Kier molecular flexibility index (Phi) is 8.36. The van der Waals surface area contributed by atoms with Gasteiger partial charge in [0.1, 0.15) is 18.1 Å². The number of ether oxygens (including phenoxy) is 2. The molecule has 3 aromatic rings. The van der Waals surface area contributed by atoms with Gasteiger partial charge in [-0.05, 0) is 74.7 Å². The third-order valence-corrected chi connectivity index (χ3v) is 5.04. The minimum absolute atomic E-state index is 0.0884. The lowest BCUT2D eigenvalue weighted by atomic mass is 10.1. The van der Waals surface area contributed by atoms with Crippen molar-refractivity contribution in [3.05, 3.63) is 94.5 Å². The molecule has 0 heterocycles. The van der Waals surface area contributed by atoms with Crippen LogP contribution in [0.25, 0.3) is 0 Å². The number of hydrogen-bond acceptors (Lipinski definition) is 3. The number of carbonyl (C=O) groups excluding carboxylic acids is 1. The first-order valence-electron chi connectivity index (χ1n) is 10.5. The summed E-state index contributed by atoms with van der Waals surface area (Å²) in [4.78, 5) is 12.4. The van der Waals surface area contributed by atoms with Gasteiger partial charge in [0.15, 0.2) is 0 Å². The smallest absolute Gasteiger partial charge is 0.251 e. The largest absolute Gasteiger partial charge is 0.491 e. The van der Waals surface area contributed by atoms with Gasteiger partial charge in [-0.25, -0.2) is 0 Å². The highest BCUT2D eigenvalue weighted by Crippen LogP contribution is 2.19. The Balaban J connectivity index is 1.42. The highest BCUT2D eigenvalue weighted by Gasteiger charge is 2.06. The molecule has 0 bridgehead atoms. The molecule has 0 fully saturated rings. The number of nitrogens with one attached hydrogen (secondary N) is 1. The van der Waals surface area contributed by atoms with E-state index in [1.165, 1.54) is 5.56 Å². The van der Waals surface area contributed by atoms with Gasteiger partial charge in [0, 0.05) is 22.7 Å². The number of benzene rings is 3. The number of rotatable bonds is 10. The van der Waals surface area contributed by atoms with Gasteiger partial charge in [-0.1, -0.05) is 41.9 Å². The van der Waals surface area contributed by atoms with Crippen molar-refractivity contribution in [2.45, 2.75) is 39.4 Å². The summed E-state index contributed by atoms with van der Waals surface area (Å²) >= 11 is 6.15. The Morgan fingerprint density at radius 2 is 1.74 bits per heavy atom. The van der Waals surface area contributed by atoms with Crippen molar-refractivity contribution in [1.29, 1.82) is 0 Å². The van der Waals surface area contributed by atoms with Crippen molar-refractivity contribution in [2.75, 3.05) is 6.54 Å². The number of hydrogen-bond donors (Lipinski definition) is 1. The van der Waals surface area contributed by atoms with Gasteiger partial charge < -0.3 is 14.8 Å². The highest BCUT2D eigenvalue weighted by atomic mass is 35.5. The average molecular weight is 438 g/mol. The maximum Gasteiger partial charge on any atom is 0.251 e. The van der Waals surface area contributed by atoms with Crippen LogP contribution in [0.2, 0.25) is 5.02 Å². The summed E-state index contributed by atoms with van der Waals surface area (Å²) in [6.07, 6.45) is 1.89. The van der Waals surface area contributed by atoms with Crippen LogP contribution in [0.5, 0.6) is 11.5 Å². The number of amides is 1. The van der Waals surface area contributed by atoms with E-state index >= 15 is 0 Å². The first-order chi connectivity index (χ1) is 15.0. The van der Waals surface area contributed by atoms with Crippen LogP contribution in [-0.2, 0) is 13.0 Å². The van der Waals surface area contributed by atoms with Gasteiger partial charge in [-0.15, -0.1) is 0 Å². The molecule has 0 spiro atoms. The molecule has 0 aliphatic rings. The average Bonchev–Trinajstić information content (AvgIpc) is 2.76. The molecule has 1 amide bonds. The molecule has 0 radical (unpaired) electrons. The predicted octanol–water partition coefficient (Wildman–Crippen LogP) is 6.07. The maximum absolute atomic E-state index is 12.4. The Morgan fingerprint density at radius 3 is 2.48 bits per heavy atom. The summed E-state index contributed by atoms with van der Waals surface area (Å²) < 4.78 is 11.5. The lowest BCUT2D eigenvalue weighted by Gasteiger charge is -2.11. The van der Waals surface area contributed by atoms with E-state index in [2.05, 4.69) is 17.4 Å². The van der Waals surface area contributed by atoms with E-state index in [0.29, 0.717) is 29.5 Å². The van der Waals surface area contributed by atoms with Crippen LogP contribution in [0.15, 0.2) is 72.8 Å². The monoisotopic (exact) mass is 437 g/mol. The zero-order valence-corrected chi connectivity index (χ0v) is 18.7. The molecule has 5 heteroatoms. The highest BCUT2D eigenvalue weighted by molar-refractivity contribution is 6.31. The van der Waals surface area contributed by atoms with E-state index < -0.39 is 0 Å². The van der Waals surface area contributed by atoms with E-state index in [9.17, 15) is 4.79 Å². The summed E-state index contributed by atoms with van der Waals surface area (Å²) in [7, 11) is 0. The fraction of sp³-hybridized carbons (Fsp3) is 0.269. The van der Waals surface area contributed by atoms with Crippen molar-refractivity contribution < 1.29 is 14.3 Å². The van der Waals surface area contributed by atoms with Crippen molar-refractivity contribution in [2.24, 2.45) is 0 Å². The third kappa shape index (κ3) is 7.34. The van der Waals surface area contributed by atoms with E-state index in [4.69, 9.17) is 21.1 Å². The Labute approximate surface area is 189 Å². The van der Waals surface area contributed by atoms with Crippen LogP contribution >= 0.6 is 11.6 Å². The quantitative estimate of drug-likeness (QED) is 0.391. The topological polar surface area (TPSA) is 47.6 Å². The van der Waals surface area contributed by atoms with Gasteiger partial charge in [0.2, 0.25) is 0 Å². The first kappa shape index (κ1) is 22.7. The minimum Gasteiger partial charge on any atom is -0.491 e. The Bertz CT molecular complexity index is 986. The Morgan fingerprint density at radius 1 is 0.968 bits per heavy atom. The first-order valence-corrected chi connectivity index (χ1v) is 10.9. The van der Waals surface area contributed by atoms with Crippen molar-refractivity contribution >= 4 is 17.5 Å².